The van der Waals surface area contributed by atoms with Crippen molar-refractivity contribution in [3.05, 3.63) is 27.1 Å². The van der Waals surface area contributed by atoms with Crippen LogP contribution in [0.2, 0.25) is 0 Å². The summed E-state index contributed by atoms with van der Waals surface area (Å²) in [5.41, 5.74) is 0.820. The molecule has 2 N–H and O–H groups in total. The molecular weight excluding hydrogens is 266 g/mol. The van der Waals surface area contributed by atoms with Crippen molar-refractivity contribution in [3.8, 4) is 0 Å². The maximum Gasteiger partial charge on any atom is 0.324 e. The molecule has 0 aliphatic heterocycles. The third kappa shape index (κ3) is 5.35. The number of hydrogen-bond acceptors (Lipinski definition) is 5. The first kappa shape index (κ1) is 15.6. The summed E-state index contributed by atoms with van der Waals surface area (Å²) in [5, 5.41) is 18.3. The Morgan fingerprint density at radius 1 is 1.47 bits per heavy atom. The first-order chi connectivity index (χ1) is 8.90. The summed E-state index contributed by atoms with van der Waals surface area (Å²) in [4.78, 5) is 21.8. The quantitative estimate of drug-likeness (QED) is 0.592. The summed E-state index contributed by atoms with van der Waals surface area (Å²) in [7, 11) is 0. The van der Waals surface area contributed by atoms with Gasteiger partial charge in [0.1, 0.15) is 0 Å². The summed E-state index contributed by atoms with van der Waals surface area (Å²) in [6, 6.07) is 1.20. The van der Waals surface area contributed by atoms with Crippen molar-refractivity contribution in [1.82, 2.24) is 10.6 Å². The van der Waals surface area contributed by atoms with E-state index in [1.165, 1.54) is 6.07 Å². The van der Waals surface area contributed by atoms with E-state index in [9.17, 15) is 14.9 Å². The zero-order valence-electron chi connectivity index (χ0n) is 11.3. The van der Waals surface area contributed by atoms with Crippen LogP contribution in [0.15, 0.2) is 11.4 Å². The third-order valence-corrected chi connectivity index (χ3v) is 3.44. The molecule has 6 nitrogen and oxygen atoms in total. The Balaban J connectivity index is 2.38. The first-order valence-electron chi connectivity index (χ1n) is 6.13. The van der Waals surface area contributed by atoms with Crippen LogP contribution in [0.4, 0.5) is 5.00 Å². The van der Waals surface area contributed by atoms with E-state index < -0.39 is 4.92 Å². The molecule has 0 aromatic carbocycles. The second-order valence-corrected chi connectivity index (χ2v) is 5.68. The molecule has 0 aliphatic rings. The fourth-order valence-corrected chi connectivity index (χ4v) is 2.10. The predicted octanol–water partition coefficient (Wildman–Crippen LogP) is 1.91. The smallest absolute Gasteiger partial charge is 0.324 e. The standard InChI is InChI=1S/C12H19N3O3S/c1-8(2)5-14-12(16)9(3)13-6-10-4-11(15(17)18)19-7-10/h4,7-9,13H,5-6H2,1-3H3,(H,14,16). The van der Waals surface area contributed by atoms with Crippen LogP contribution in [0.25, 0.3) is 0 Å². The van der Waals surface area contributed by atoms with Crippen LogP contribution in [0.3, 0.4) is 0 Å². The Kier molecular flexibility index (Phi) is 5.91. The molecule has 0 fully saturated rings. The van der Waals surface area contributed by atoms with Crippen LogP contribution < -0.4 is 10.6 Å². The minimum atomic E-state index is -0.410. The normalized spacial score (nSPS) is 12.4. The largest absolute Gasteiger partial charge is 0.354 e. The van der Waals surface area contributed by atoms with Crippen LogP contribution in [0, 0.1) is 16.0 Å². The van der Waals surface area contributed by atoms with E-state index in [1.807, 2.05) is 13.8 Å². The monoisotopic (exact) mass is 285 g/mol. The van der Waals surface area contributed by atoms with Gasteiger partial charge in [0.2, 0.25) is 5.91 Å². The van der Waals surface area contributed by atoms with Gasteiger partial charge in [0.05, 0.1) is 11.0 Å². The SMILES string of the molecule is CC(C)CNC(=O)C(C)NCc1csc([N+](=O)[O-])c1. The highest BCUT2D eigenvalue weighted by molar-refractivity contribution is 7.13. The summed E-state index contributed by atoms with van der Waals surface area (Å²) >= 11 is 1.09. The lowest BCUT2D eigenvalue weighted by Gasteiger charge is -2.14. The van der Waals surface area contributed by atoms with Gasteiger partial charge < -0.3 is 10.6 Å². The zero-order chi connectivity index (χ0) is 14.4. The molecule has 0 aliphatic carbocycles. The number of thiophene rings is 1. The zero-order valence-corrected chi connectivity index (χ0v) is 12.1. The summed E-state index contributed by atoms with van der Waals surface area (Å²) in [6.45, 7) is 6.93. The minimum Gasteiger partial charge on any atom is -0.354 e. The van der Waals surface area contributed by atoms with Crippen molar-refractivity contribution in [2.24, 2.45) is 5.92 Å². The molecule has 1 amide bonds. The Hall–Kier alpha value is -1.47. The van der Waals surface area contributed by atoms with Crippen molar-refractivity contribution in [3.63, 3.8) is 0 Å². The van der Waals surface area contributed by atoms with Crippen molar-refractivity contribution < 1.29 is 9.72 Å². The molecule has 19 heavy (non-hydrogen) atoms. The molecule has 0 bridgehead atoms. The van der Waals surface area contributed by atoms with Gasteiger partial charge in [-0.1, -0.05) is 25.2 Å². The van der Waals surface area contributed by atoms with Gasteiger partial charge in [0.15, 0.2) is 0 Å². The van der Waals surface area contributed by atoms with Gasteiger partial charge >= 0.3 is 5.00 Å². The molecule has 0 radical (unpaired) electrons. The number of amides is 1. The molecule has 1 rings (SSSR count). The lowest BCUT2D eigenvalue weighted by molar-refractivity contribution is -0.380. The molecule has 0 saturated heterocycles. The highest BCUT2D eigenvalue weighted by Gasteiger charge is 2.14. The van der Waals surface area contributed by atoms with Gasteiger partial charge in [-0.2, -0.15) is 0 Å². The predicted molar refractivity (Wildman–Crippen MR) is 75.1 cm³/mol. The van der Waals surface area contributed by atoms with Crippen molar-refractivity contribution in [2.45, 2.75) is 33.4 Å². The Morgan fingerprint density at radius 3 is 2.68 bits per heavy atom. The van der Waals surface area contributed by atoms with Gasteiger partial charge in [0, 0.05) is 24.5 Å². The van der Waals surface area contributed by atoms with Gasteiger partial charge in [-0.25, -0.2) is 0 Å². The summed E-state index contributed by atoms with van der Waals surface area (Å²) in [6.07, 6.45) is 0. The number of carbonyl (C=O) groups excluding carboxylic acids is 1. The molecular formula is C12H19N3O3S. The molecule has 1 atom stereocenters. The second-order valence-electron chi connectivity index (χ2n) is 4.79. The highest BCUT2D eigenvalue weighted by atomic mass is 32.1. The average Bonchev–Trinajstić information content (AvgIpc) is 2.81. The lowest BCUT2D eigenvalue weighted by Crippen LogP contribution is -2.42. The van der Waals surface area contributed by atoms with Crippen molar-refractivity contribution in [1.29, 1.82) is 0 Å². The number of rotatable bonds is 7. The van der Waals surface area contributed by atoms with Crippen molar-refractivity contribution in [2.75, 3.05) is 6.54 Å². The van der Waals surface area contributed by atoms with E-state index in [1.54, 1.807) is 12.3 Å². The van der Waals surface area contributed by atoms with Gasteiger partial charge in [-0.15, -0.1) is 0 Å². The van der Waals surface area contributed by atoms with Gasteiger partial charge in [-0.3, -0.25) is 14.9 Å². The Bertz CT molecular complexity index is 445. The number of nitrogens with zero attached hydrogens (tertiary/aromatic N) is 1. The lowest BCUT2D eigenvalue weighted by atomic mass is 10.2. The molecule has 1 heterocycles. The van der Waals surface area contributed by atoms with E-state index in [-0.39, 0.29) is 17.0 Å². The maximum absolute atomic E-state index is 11.7. The Labute approximate surface area is 116 Å². The first-order valence-corrected chi connectivity index (χ1v) is 7.01. The third-order valence-electron chi connectivity index (χ3n) is 2.51. The van der Waals surface area contributed by atoms with Crippen LogP contribution >= 0.6 is 11.3 Å². The summed E-state index contributed by atoms with van der Waals surface area (Å²) < 4.78 is 0. The second kappa shape index (κ2) is 7.20. The molecule has 0 saturated carbocycles. The molecule has 106 valence electrons. The van der Waals surface area contributed by atoms with Gasteiger partial charge in [-0.05, 0) is 18.4 Å². The number of carbonyl (C=O) groups is 1. The molecule has 1 aromatic rings. The van der Waals surface area contributed by atoms with Gasteiger partial charge in [0.25, 0.3) is 0 Å². The van der Waals surface area contributed by atoms with Crippen LogP contribution in [-0.4, -0.2) is 23.4 Å². The number of nitrogens with one attached hydrogen (secondary N) is 2. The topological polar surface area (TPSA) is 84.3 Å². The van der Waals surface area contributed by atoms with E-state index in [0.29, 0.717) is 19.0 Å². The molecule has 1 unspecified atom stereocenters. The highest BCUT2D eigenvalue weighted by Crippen LogP contribution is 2.22. The number of nitro groups is 1. The maximum atomic E-state index is 11.7. The average molecular weight is 285 g/mol. The van der Waals surface area contributed by atoms with Crippen LogP contribution in [0.1, 0.15) is 26.3 Å². The molecule has 1 aromatic heterocycles. The fraction of sp³-hybridized carbons (Fsp3) is 0.583. The number of hydrogen-bond donors (Lipinski definition) is 2. The molecule has 0 spiro atoms. The van der Waals surface area contributed by atoms with E-state index in [2.05, 4.69) is 10.6 Å². The summed E-state index contributed by atoms with van der Waals surface area (Å²) in [5.74, 6) is 0.356. The van der Waals surface area contributed by atoms with E-state index >= 15 is 0 Å². The van der Waals surface area contributed by atoms with E-state index in [4.69, 9.17) is 0 Å². The van der Waals surface area contributed by atoms with Crippen LogP contribution in [0.5, 0.6) is 0 Å². The minimum absolute atomic E-state index is 0.0570. The fourth-order valence-electron chi connectivity index (χ4n) is 1.37. The molecule has 7 heteroatoms. The Morgan fingerprint density at radius 2 is 2.16 bits per heavy atom. The van der Waals surface area contributed by atoms with Crippen molar-refractivity contribution >= 4 is 22.2 Å². The van der Waals surface area contributed by atoms with E-state index in [0.717, 1.165) is 16.9 Å². The van der Waals surface area contributed by atoms with Crippen LogP contribution in [-0.2, 0) is 11.3 Å².